The number of hydrogen-bond donors (Lipinski definition) is 1. The quantitative estimate of drug-likeness (QED) is 0.663. The molecule has 1 aromatic heterocycles. The first-order valence-electron chi connectivity index (χ1n) is 8.39. The summed E-state index contributed by atoms with van der Waals surface area (Å²) in [6.07, 6.45) is 7.39. The molecule has 2 aromatic carbocycles. The highest BCUT2D eigenvalue weighted by Gasteiger charge is 2.09. The van der Waals surface area contributed by atoms with Gasteiger partial charge in [0.05, 0.1) is 12.2 Å². The molecule has 0 saturated heterocycles. The Kier molecular flexibility index (Phi) is 5.89. The number of hydrogen-bond acceptors (Lipinski definition) is 4. The highest BCUT2D eigenvalue weighted by atomic mass is 19.1. The number of benzene rings is 2. The molecule has 0 aliphatic rings. The lowest BCUT2D eigenvalue weighted by Gasteiger charge is -2.14. The summed E-state index contributed by atoms with van der Waals surface area (Å²) in [7, 11) is 0. The fourth-order valence-corrected chi connectivity index (χ4v) is 2.43. The molecule has 1 N–H and O–H groups in total. The molecule has 27 heavy (non-hydrogen) atoms. The van der Waals surface area contributed by atoms with Crippen molar-refractivity contribution >= 4 is 12.0 Å². The third kappa shape index (κ3) is 5.22. The largest absolute Gasteiger partial charge is 0.437 e. The van der Waals surface area contributed by atoms with Crippen LogP contribution in [0.2, 0.25) is 0 Å². The number of ether oxygens (including phenoxy) is 1. The summed E-state index contributed by atoms with van der Waals surface area (Å²) in [5, 5.41) is 2.85. The highest BCUT2D eigenvalue weighted by Crippen LogP contribution is 2.23. The second-order valence-electron chi connectivity index (χ2n) is 5.80. The van der Waals surface area contributed by atoms with Gasteiger partial charge in [0.2, 0.25) is 11.8 Å². The Morgan fingerprint density at radius 2 is 2.04 bits per heavy atom. The molecule has 0 fully saturated rings. The summed E-state index contributed by atoms with van der Waals surface area (Å²) in [6, 6.07) is 13.3. The average molecular weight is 363 g/mol. The van der Waals surface area contributed by atoms with E-state index in [2.05, 4.69) is 15.3 Å². The van der Waals surface area contributed by atoms with Crippen LogP contribution in [-0.2, 0) is 4.79 Å². The van der Waals surface area contributed by atoms with Crippen molar-refractivity contribution in [1.29, 1.82) is 0 Å². The van der Waals surface area contributed by atoms with Crippen LogP contribution in [0.3, 0.4) is 0 Å². The number of rotatable bonds is 6. The molecular weight excluding hydrogens is 345 g/mol. The summed E-state index contributed by atoms with van der Waals surface area (Å²) in [4.78, 5) is 20.1. The summed E-state index contributed by atoms with van der Waals surface area (Å²) < 4.78 is 19.2. The predicted molar refractivity (Wildman–Crippen MR) is 101 cm³/mol. The van der Waals surface area contributed by atoms with E-state index in [1.165, 1.54) is 24.4 Å². The zero-order chi connectivity index (χ0) is 19.1. The van der Waals surface area contributed by atoms with Gasteiger partial charge in [0, 0.05) is 24.0 Å². The van der Waals surface area contributed by atoms with Gasteiger partial charge in [0.1, 0.15) is 11.6 Å². The fraction of sp³-hybridized carbons (Fsp3) is 0.0952. The van der Waals surface area contributed by atoms with E-state index in [1.54, 1.807) is 36.7 Å². The van der Waals surface area contributed by atoms with Crippen molar-refractivity contribution in [3.63, 3.8) is 0 Å². The van der Waals surface area contributed by atoms with Crippen molar-refractivity contribution < 1.29 is 13.9 Å². The molecular formula is C21H18FN3O2. The molecule has 0 saturated carbocycles. The number of nitrogens with zero attached hydrogens (tertiary/aromatic N) is 2. The number of carbonyl (C=O) groups excluding carboxylic acids is 1. The zero-order valence-corrected chi connectivity index (χ0v) is 14.7. The minimum Gasteiger partial charge on any atom is -0.437 e. The topological polar surface area (TPSA) is 64.1 Å². The lowest BCUT2D eigenvalue weighted by Crippen LogP contribution is -2.24. The smallest absolute Gasteiger partial charge is 0.244 e. The number of carbonyl (C=O) groups is 1. The SMILES string of the molecule is CC(NC(=O)/C=C/c1ccccc1F)c1cccc(Oc2cnccn2)c1. The number of aromatic nitrogens is 2. The van der Waals surface area contributed by atoms with E-state index >= 15 is 0 Å². The van der Waals surface area contributed by atoms with E-state index in [0.717, 1.165) is 5.56 Å². The van der Waals surface area contributed by atoms with Gasteiger partial charge in [-0.25, -0.2) is 9.37 Å². The van der Waals surface area contributed by atoms with Gasteiger partial charge in [-0.3, -0.25) is 9.78 Å². The van der Waals surface area contributed by atoms with Crippen molar-refractivity contribution in [3.8, 4) is 11.6 Å². The third-order valence-electron chi connectivity index (χ3n) is 3.80. The maximum Gasteiger partial charge on any atom is 0.244 e. The summed E-state index contributed by atoms with van der Waals surface area (Å²) in [5.41, 5.74) is 1.23. The van der Waals surface area contributed by atoms with Crippen molar-refractivity contribution in [1.82, 2.24) is 15.3 Å². The van der Waals surface area contributed by atoms with Crippen LogP contribution in [0.15, 0.2) is 73.2 Å². The molecule has 0 bridgehead atoms. The molecule has 1 atom stereocenters. The summed E-state index contributed by atoms with van der Waals surface area (Å²) >= 11 is 0. The van der Waals surface area contributed by atoms with Gasteiger partial charge < -0.3 is 10.1 Å². The summed E-state index contributed by atoms with van der Waals surface area (Å²) in [5.74, 6) is 0.296. The van der Waals surface area contributed by atoms with E-state index in [1.807, 2.05) is 25.1 Å². The van der Waals surface area contributed by atoms with Crippen molar-refractivity contribution in [3.05, 3.63) is 90.1 Å². The molecule has 0 spiro atoms. The molecule has 136 valence electrons. The molecule has 0 aliphatic carbocycles. The van der Waals surface area contributed by atoms with Gasteiger partial charge >= 0.3 is 0 Å². The van der Waals surface area contributed by atoms with Crippen molar-refractivity contribution in [2.75, 3.05) is 0 Å². The first kappa shape index (κ1) is 18.3. The van der Waals surface area contributed by atoms with Crippen LogP contribution in [0.5, 0.6) is 11.6 Å². The number of amides is 1. The zero-order valence-electron chi connectivity index (χ0n) is 14.7. The van der Waals surface area contributed by atoms with E-state index in [-0.39, 0.29) is 17.8 Å². The molecule has 3 aromatic rings. The third-order valence-corrected chi connectivity index (χ3v) is 3.80. The Balaban J connectivity index is 1.63. The van der Waals surface area contributed by atoms with Gasteiger partial charge in [-0.05, 0) is 36.8 Å². The van der Waals surface area contributed by atoms with Gasteiger partial charge in [0.25, 0.3) is 0 Å². The Hall–Kier alpha value is -3.54. The molecule has 1 amide bonds. The van der Waals surface area contributed by atoms with Crippen LogP contribution in [0.4, 0.5) is 4.39 Å². The first-order valence-corrected chi connectivity index (χ1v) is 8.39. The monoisotopic (exact) mass is 363 g/mol. The minimum atomic E-state index is -0.372. The molecule has 5 nitrogen and oxygen atoms in total. The Labute approximate surface area is 156 Å². The summed E-state index contributed by atoms with van der Waals surface area (Å²) in [6.45, 7) is 1.86. The Morgan fingerprint density at radius 1 is 1.19 bits per heavy atom. The van der Waals surface area contributed by atoms with Gasteiger partial charge in [-0.2, -0.15) is 0 Å². The molecule has 1 unspecified atom stereocenters. The van der Waals surface area contributed by atoms with Gasteiger partial charge in [0.15, 0.2) is 0 Å². The highest BCUT2D eigenvalue weighted by molar-refractivity contribution is 5.92. The van der Waals surface area contributed by atoms with Crippen LogP contribution >= 0.6 is 0 Å². The molecule has 0 radical (unpaired) electrons. The Bertz CT molecular complexity index is 945. The number of nitrogens with one attached hydrogen (secondary N) is 1. The van der Waals surface area contributed by atoms with E-state index < -0.39 is 0 Å². The van der Waals surface area contributed by atoms with E-state index in [0.29, 0.717) is 17.2 Å². The standard InChI is InChI=1S/C21H18FN3O2/c1-15(25-20(26)10-9-16-5-2-3-8-19(16)22)17-6-4-7-18(13-17)27-21-14-23-11-12-24-21/h2-15H,1H3,(H,25,26)/b10-9+. The molecule has 6 heteroatoms. The van der Waals surface area contributed by atoms with Crippen molar-refractivity contribution in [2.45, 2.75) is 13.0 Å². The maximum absolute atomic E-state index is 13.6. The second-order valence-corrected chi connectivity index (χ2v) is 5.80. The molecule has 3 rings (SSSR count). The Morgan fingerprint density at radius 3 is 2.81 bits per heavy atom. The fourth-order valence-electron chi connectivity index (χ4n) is 2.43. The second kappa shape index (κ2) is 8.71. The lowest BCUT2D eigenvalue weighted by atomic mass is 10.1. The normalized spacial score (nSPS) is 11.9. The van der Waals surface area contributed by atoms with Crippen LogP contribution in [0.25, 0.3) is 6.08 Å². The first-order chi connectivity index (χ1) is 13.1. The lowest BCUT2D eigenvalue weighted by molar-refractivity contribution is -0.117. The number of halogens is 1. The minimum absolute atomic E-state index is 0.256. The van der Waals surface area contributed by atoms with E-state index in [9.17, 15) is 9.18 Å². The van der Waals surface area contributed by atoms with Crippen molar-refractivity contribution in [2.24, 2.45) is 0 Å². The van der Waals surface area contributed by atoms with Crippen LogP contribution < -0.4 is 10.1 Å². The van der Waals surface area contributed by atoms with Gasteiger partial charge in [-0.15, -0.1) is 0 Å². The van der Waals surface area contributed by atoms with Gasteiger partial charge in [-0.1, -0.05) is 30.3 Å². The van der Waals surface area contributed by atoms with E-state index in [4.69, 9.17) is 4.74 Å². The molecule has 0 aliphatic heterocycles. The van der Waals surface area contributed by atoms with Crippen LogP contribution in [0.1, 0.15) is 24.1 Å². The van der Waals surface area contributed by atoms with Crippen LogP contribution in [0, 0.1) is 5.82 Å². The molecule has 1 heterocycles. The predicted octanol–water partition coefficient (Wildman–Crippen LogP) is 4.30. The maximum atomic E-state index is 13.6. The van der Waals surface area contributed by atoms with Crippen LogP contribution in [-0.4, -0.2) is 15.9 Å². The average Bonchev–Trinajstić information content (AvgIpc) is 2.68.